The predicted octanol–water partition coefficient (Wildman–Crippen LogP) is 3.90. The molecule has 22 heavy (non-hydrogen) atoms. The zero-order valence-corrected chi connectivity index (χ0v) is 12.5. The van der Waals surface area contributed by atoms with Crippen LogP contribution in [0.4, 0.5) is 0 Å². The first-order valence-electron chi connectivity index (χ1n) is 7.07. The number of ether oxygens (including phenoxy) is 1. The van der Waals surface area contributed by atoms with Gasteiger partial charge in [0, 0.05) is 18.9 Å². The van der Waals surface area contributed by atoms with Crippen LogP contribution < -0.4 is 0 Å². The van der Waals surface area contributed by atoms with E-state index in [-0.39, 0.29) is 12.2 Å². The molecule has 0 N–H and O–H groups in total. The van der Waals surface area contributed by atoms with Crippen LogP contribution in [0.2, 0.25) is 0 Å². The summed E-state index contributed by atoms with van der Waals surface area (Å²) in [5.41, 5.74) is 2.21. The second-order valence-electron chi connectivity index (χ2n) is 5.00. The Bertz CT molecular complexity index is 660. The van der Waals surface area contributed by atoms with Crippen molar-refractivity contribution >= 4 is 17.3 Å². The third kappa shape index (κ3) is 4.16. The molecule has 2 rings (SSSR count). The number of carbonyl (C=O) groups excluding carboxylic acids is 2. The van der Waals surface area contributed by atoms with Gasteiger partial charge in [-0.1, -0.05) is 67.2 Å². The van der Waals surface area contributed by atoms with Gasteiger partial charge in [-0.25, -0.2) is 0 Å². The van der Waals surface area contributed by atoms with Crippen molar-refractivity contribution in [2.24, 2.45) is 0 Å². The quantitative estimate of drug-likeness (QED) is 0.599. The number of hydrogen-bond donors (Lipinski definition) is 0. The van der Waals surface area contributed by atoms with Gasteiger partial charge in [0.2, 0.25) is 5.78 Å². The molecular formula is C19H18O3. The van der Waals surface area contributed by atoms with Gasteiger partial charge < -0.3 is 4.74 Å². The zero-order valence-electron chi connectivity index (χ0n) is 12.5. The van der Waals surface area contributed by atoms with E-state index in [1.807, 2.05) is 36.4 Å². The minimum Gasteiger partial charge on any atom is -0.454 e. The molecule has 0 spiro atoms. The fourth-order valence-electron chi connectivity index (χ4n) is 2.19. The molecule has 0 radical (unpaired) electrons. The zero-order chi connectivity index (χ0) is 15.9. The molecule has 1 atom stereocenters. The molecule has 2 aromatic rings. The monoisotopic (exact) mass is 294 g/mol. The number of ketones is 1. The van der Waals surface area contributed by atoms with Crippen LogP contribution in [0, 0.1) is 0 Å². The van der Waals surface area contributed by atoms with Crippen LogP contribution in [0.3, 0.4) is 0 Å². The van der Waals surface area contributed by atoms with Crippen LogP contribution in [0.5, 0.6) is 0 Å². The molecule has 3 nitrogen and oxygen atoms in total. The molecule has 1 unspecified atom stereocenters. The molecule has 0 heterocycles. The minimum atomic E-state index is -0.854. The fourth-order valence-corrected chi connectivity index (χ4v) is 2.19. The highest BCUT2D eigenvalue weighted by atomic mass is 16.5. The smallest absolute Gasteiger partial charge is 0.303 e. The predicted molar refractivity (Wildman–Crippen MR) is 86.4 cm³/mol. The van der Waals surface area contributed by atoms with E-state index in [4.69, 9.17) is 4.74 Å². The van der Waals surface area contributed by atoms with Crippen LogP contribution in [0.25, 0.3) is 5.57 Å². The topological polar surface area (TPSA) is 43.4 Å². The Balaban J connectivity index is 2.18. The van der Waals surface area contributed by atoms with Crippen molar-refractivity contribution < 1.29 is 14.3 Å². The molecular weight excluding hydrogens is 276 g/mol. The van der Waals surface area contributed by atoms with Gasteiger partial charge in [-0.15, -0.1) is 0 Å². The first-order valence-corrected chi connectivity index (χ1v) is 7.07. The Kier molecular flexibility index (Phi) is 5.26. The molecule has 0 bridgehead atoms. The second kappa shape index (κ2) is 7.36. The van der Waals surface area contributed by atoms with E-state index in [1.54, 1.807) is 24.3 Å². The van der Waals surface area contributed by atoms with Crippen LogP contribution in [-0.4, -0.2) is 17.9 Å². The normalized spacial score (nSPS) is 11.5. The average molecular weight is 294 g/mol. The van der Waals surface area contributed by atoms with Gasteiger partial charge >= 0.3 is 5.97 Å². The highest BCUT2D eigenvalue weighted by Gasteiger charge is 2.24. The van der Waals surface area contributed by atoms with Crippen LogP contribution in [0.15, 0.2) is 67.2 Å². The number of rotatable bonds is 6. The van der Waals surface area contributed by atoms with E-state index in [2.05, 4.69) is 6.58 Å². The average Bonchev–Trinajstić information content (AvgIpc) is 2.54. The molecule has 0 aromatic heterocycles. The van der Waals surface area contributed by atoms with Gasteiger partial charge in [-0.2, -0.15) is 0 Å². The lowest BCUT2D eigenvalue weighted by molar-refractivity contribution is -0.144. The number of carbonyl (C=O) groups is 2. The third-order valence-electron chi connectivity index (χ3n) is 3.27. The maximum Gasteiger partial charge on any atom is 0.303 e. The Morgan fingerprint density at radius 3 is 1.95 bits per heavy atom. The Labute approximate surface area is 130 Å². The summed E-state index contributed by atoms with van der Waals surface area (Å²) >= 11 is 0. The van der Waals surface area contributed by atoms with Crippen LogP contribution >= 0.6 is 0 Å². The number of benzene rings is 2. The van der Waals surface area contributed by atoms with E-state index in [0.717, 1.165) is 11.1 Å². The molecule has 0 aliphatic rings. The van der Waals surface area contributed by atoms with Crippen molar-refractivity contribution in [3.63, 3.8) is 0 Å². The summed E-state index contributed by atoms with van der Waals surface area (Å²) in [6, 6.07) is 18.4. The maximum absolute atomic E-state index is 12.5. The molecule has 0 aliphatic heterocycles. The maximum atomic E-state index is 12.5. The standard InChI is InChI=1S/C19H18O3/c1-14(16-9-5-3-6-10-16)13-18(22-15(2)20)19(21)17-11-7-4-8-12-17/h3-12,18H,1,13H2,2H3. The Morgan fingerprint density at radius 2 is 1.45 bits per heavy atom. The Hall–Kier alpha value is -2.68. The highest BCUT2D eigenvalue weighted by molar-refractivity contribution is 6.01. The number of hydrogen-bond acceptors (Lipinski definition) is 3. The summed E-state index contributed by atoms with van der Waals surface area (Å²) in [6.45, 7) is 5.31. The fraction of sp³-hybridized carbons (Fsp3) is 0.158. The van der Waals surface area contributed by atoms with Crippen molar-refractivity contribution in [1.29, 1.82) is 0 Å². The third-order valence-corrected chi connectivity index (χ3v) is 3.27. The first-order chi connectivity index (χ1) is 10.6. The van der Waals surface area contributed by atoms with E-state index in [9.17, 15) is 9.59 Å². The molecule has 0 fully saturated rings. The van der Waals surface area contributed by atoms with Gasteiger partial charge in [0.05, 0.1) is 0 Å². The largest absolute Gasteiger partial charge is 0.454 e. The van der Waals surface area contributed by atoms with Gasteiger partial charge in [-0.3, -0.25) is 9.59 Å². The van der Waals surface area contributed by atoms with Gasteiger partial charge in [-0.05, 0) is 11.1 Å². The lowest BCUT2D eigenvalue weighted by Gasteiger charge is -2.17. The molecule has 0 saturated carbocycles. The van der Waals surface area contributed by atoms with Gasteiger partial charge in [0.15, 0.2) is 6.10 Å². The van der Waals surface area contributed by atoms with E-state index in [0.29, 0.717) is 5.56 Å². The molecule has 112 valence electrons. The van der Waals surface area contributed by atoms with E-state index in [1.165, 1.54) is 6.92 Å². The summed E-state index contributed by atoms with van der Waals surface area (Å²) in [4.78, 5) is 23.8. The molecule has 0 amide bonds. The minimum absolute atomic E-state index is 0.215. The number of esters is 1. The number of Topliss-reactive ketones (excluding diaryl/α,β-unsaturated/α-hetero) is 1. The summed E-state index contributed by atoms with van der Waals surface area (Å²) < 4.78 is 5.21. The van der Waals surface area contributed by atoms with Crippen molar-refractivity contribution in [1.82, 2.24) is 0 Å². The summed E-state index contributed by atoms with van der Waals surface area (Å²) in [5.74, 6) is -0.692. The van der Waals surface area contributed by atoms with Crippen molar-refractivity contribution in [3.05, 3.63) is 78.4 Å². The van der Waals surface area contributed by atoms with Gasteiger partial charge in [0.1, 0.15) is 0 Å². The summed E-state index contributed by atoms with van der Waals surface area (Å²) in [6.07, 6.45) is -0.579. The van der Waals surface area contributed by atoms with Crippen molar-refractivity contribution in [2.45, 2.75) is 19.4 Å². The molecule has 0 aliphatic carbocycles. The van der Waals surface area contributed by atoms with Crippen LogP contribution in [-0.2, 0) is 9.53 Å². The lowest BCUT2D eigenvalue weighted by atomic mass is 9.96. The highest BCUT2D eigenvalue weighted by Crippen LogP contribution is 2.21. The first kappa shape index (κ1) is 15.7. The second-order valence-corrected chi connectivity index (χ2v) is 5.00. The Morgan fingerprint density at radius 1 is 0.955 bits per heavy atom. The lowest BCUT2D eigenvalue weighted by Crippen LogP contribution is -2.26. The van der Waals surface area contributed by atoms with Gasteiger partial charge in [0.25, 0.3) is 0 Å². The van der Waals surface area contributed by atoms with E-state index >= 15 is 0 Å². The van der Waals surface area contributed by atoms with Crippen LogP contribution in [0.1, 0.15) is 29.3 Å². The summed E-state index contributed by atoms with van der Waals surface area (Å²) in [7, 11) is 0. The molecule has 2 aromatic carbocycles. The molecule has 0 saturated heterocycles. The van der Waals surface area contributed by atoms with E-state index < -0.39 is 12.1 Å². The SMILES string of the molecule is C=C(CC(OC(C)=O)C(=O)c1ccccc1)c1ccccc1. The summed E-state index contributed by atoms with van der Waals surface area (Å²) in [5, 5.41) is 0. The molecule has 3 heteroatoms. The van der Waals surface area contributed by atoms with Crippen molar-refractivity contribution in [2.75, 3.05) is 0 Å². The van der Waals surface area contributed by atoms with Crippen molar-refractivity contribution in [3.8, 4) is 0 Å².